The van der Waals surface area contributed by atoms with Crippen molar-refractivity contribution in [2.75, 3.05) is 19.8 Å². The lowest BCUT2D eigenvalue weighted by Gasteiger charge is -2.39. The summed E-state index contributed by atoms with van der Waals surface area (Å²) in [5, 5.41) is 12.5. The lowest BCUT2D eigenvalue weighted by molar-refractivity contribution is -0.0696. The van der Waals surface area contributed by atoms with E-state index in [2.05, 4.69) is 32.4 Å². The van der Waals surface area contributed by atoms with Gasteiger partial charge < -0.3 is 14.0 Å². The number of nitrogens with zero attached hydrogens (tertiary/aromatic N) is 6. The van der Waals surface area contributed by atoms with Crippen LogP contribution in [0.2, 0.25) is 0 Å². The Kier molecular flexibility index (Phi) is 4.43. The Labute approximate surface area is 178 Å². The second kappa shape index (κ2) is 7.44. The molecule has 2 aliphatic heterocycles. The molecule has 6 rings (SSSR count). The number of fused-ring (bicyclic) bond motifs is 2. The van der Waals surface area contributed by atoms with Gasteiger partial charge in [-0.15, -0.1) is 10.2 Å². The first-order valence-corrected chi connectivity index (χ1v) is 10.4. The predicted molar refractivity (Wildman–Crippen MR) is 111 cm³/mol. The highest BCUT2D eigenvalue weighted by Crippen LogP contribution is 2.24. The maximum Gasteiger partial charge on any atom is 0.190 e. The summed E-state index contributed by atoms with van der Waals surface area (Å²) in [7, 11) is 0. The van der Waals surface area contributed by atoms with Crippen molar-refractivity contribution in [1.29, 1.82) is 0 Å². The molecule has 158 valence electrons. The second-order valence-corrected chi connectivity index (χ2v) is 8.05. The van der Waals surface area contributed by atoms with Gasteiger partial charge in [-0.3, -0.25) is 14.3 Å². The minimum Gasteiger partial charge on any atom is -0.486 e. The molecule has 0 saturated carbocycles. The Bertz CT molecular complexity index is 1250. The van der Waals surface area contributed by atoms with Gasteiger partial charge in [0, 0.05) is 31.3 Å². The highest BCUT2D eigenvalue weighted by molar-refractivity contribution is 5.56. The fourth-order valence-corrected chi connectivity index (χ4v) is 4.07. The number of aryl methyl sites for hydroxylation is 1. The van der Waals surface area contributed by atoms with Crippen LogP contribution in [0, 0.1) is 6.92 Å². The van der Waals surface area contributed by atoms with Crippen LogP contribution in [0.1, 0.15) is 22.7 Å². The summed E-state index contributed by atoms with van der Waals surface area (Å²) < 4.78 is 18.4. The maximum absolute atomic E-state index is 6.03. The molecule has 0 aromatic carbocycles. The van der Waals surface area contributed by atoms with Crippen molar-refractivity contribution in [3.63, 3.8) is 0 Å². The van der Waals surface area contributed by atoms with Crippen molar-refractivity contribution in [2.45, 2.75) is 32.5 Å². The van der Waals surface area contributed by atoms with E-state index < -0.39 is 0 Å². The zero-order valence-electron chi connectivity index (χ0n) is 17.2. The van der Waals surface area contributed by atoms with Gasteiger partial charge in [-0.25, -0.2) is 0 Å². The predicted octanol–water partition coefficient (Wildman–Crippen LogP) is 2.42. The summed E-state index contributed by atoms with van der Waals surface area (Å²) in [5.74, 6) is 2.05. The molecule has 9 heteroatoms. The van der Waals surface area contributed by atoms with Crippen molar-refractivity contribution in [3.8, 4) is 17.3 Å². The lowest BCUT2D eigenvalue weighted by Crippen LogP contribution is -2.50. The Morgan fingerprint density at radius 1 is 1.16 bits per heavy atom. The van der Waals surface area contributed by atoms with Crippen molar-refractivity contribution in [2.24, 2.45) is 0 Å². The van der Waals surface area contributed by atoms with E-state index in [1.54, 1.807) is 0 Å². The average Bonchev–Trinajstić information content (AvgIpc) is 3.36. The number of pyridine rings is 2. The summed E-state index contributed by atoms with van der Waals surface area (Å²) in [5.41, 5.74) is 4.77. The van der Waals surface area contributed by atoms with Crippen LogP contribution in [-0.2, 0) is 24.3 Å². The number of ether oxygens (including phenoxy) is 2. The molecule has 0 spiro atoms. The molecule has 1 saturated heterocycles. The first-order valence-electron chi connectivity index (χ1n) is 10.4. The molecule has 0 atom stereocenters. The summed E-state index contributed by atoms with van der Waals surface area (Å²) in [6.07, 6.45) is 2.83. The topological polar surface area (TPSA) is 90.8 Å². The largest absolute Gasteiger partial charge is 0.486 e. The second-order valence-electron chi connectivity index (χ2n) is 8.05. The normalized spacial score (nSPS) is 16.9. The summed E-state index contributed by atoms with van der Waals surface area (Å²) in [6, 6.07) is 10.4. The fourth-order valence-electron chi connectivity index (χ4n) is 4.07. The molecule has 0 aliphatic carbocycles. The fraction of sp³-hybridized carbons (Fsp3) is 0.364. The number of rotatable bonds is 5. The molecule has 6 heterocycles. The number of hydrogen-bond acceptors (Lipinski definition) is 8. The van der Waals surface area contributed by atoms with E-state index in [1.165, 1.54) is 11.3 Å². The monoisotopic (exact) mass is 418 g/mol. The van der Waals surface area contributed by atoms with Gasteiger partial charge in [-0.05, 0) is 30.7 Å². The summed E-state index contributed by atoms with van der Waals surface area (Å²) in [4.78, 5) is 7.34. The minimum absolute atomic E-state index is 0.402. The van der Waals surface area contributed by atoms with Crippen LogP contribution in [0.15, 0.2) is 41.1 Å². The van der Waals surface area contributed by atoms with Crippen LogP contribution in [0.3, 0.4) is 0 Å². The van der Waals surface area contributed by atoms with Gasteiger partial charge in [0.25, 0.3) is 0 Å². The van der Waals surface area contributed by atoms with Crippen LogP contribution in [0.25, 0.3) is 17.2 Å². The van der Waals surface area contributed by atoms with Gasteiger partial charge in [0.15, 0.2) is 17.2 Å². The van der Waals surface area contributed by atoms with E-state index in [4.69, 9.17) is 19.0 Å². The molecule has 4 aromatic rings. The molecule has 0 amide bonds. The molecule has 4 aromatic heterocycles. The molecule has 1 fully saturated rings. The van der Waals surface area contributed by atoms with Crippen LogP contribution in [0.4, 0.5) is 0 Å². The van der Waals surface area contributed by atoms with Gasteiger partial charge in [-0.2, -0.15) is 0 Å². The Hall–Kier alpha value is -3.30. The molecule has 0 bridgehead atoms. The molecule has 2 aliphatic rings. The Balaban J connectivity index is 1.18. The van der Waals surface area contributed by atoms with Crippen molar-refractivity contribution in [1.82, 2.24) is 29.6 Å². The highest BCUT2D eigenvalue weighted by atomic mass is 16.5. The third-order valence-corrected chi connectivity index (χ3v) is 5.89. The third kappa shape index (κ3) is 3.45. The first-order chi connectivity index (χ1) is 15.2. The van der Waals surface area contributed by atoms with Crippen LogP contribution >= 0.6 is 0 Å². The SMILES string of the molecule is Cc1cc(-c2nnc3ccc(OCc4ccc5c(n4)CCN(C4COC4)C5)cn23)no1. The summed E-state index contributed by atoms with van der Waals surface area (Å²) in [6.45, 7) is 5.94. The number of hydrogen-bond donors (Lipinski definition) is 0. The van der Waals surface area contributed by atoms with E-state index >= 15 is 0 Å². The summed E-state index contributed by atoms with van der Waals surface area (Å²) >= 11 is 0. The zero-order valence-corrected chi connectivity index (χ0v) is 17.2. The third-order valence-electron chi connectivity index (χ3n) is 5.89. The first kappa shape index (κ1) is 18.5. The van der Waals surface area contributed by atoms with Crippen LogP contribution in [0.5, 0.6) is 5.75 Å². The van der Waals surface area contributed by atoms with E-state index in [-0.39, 0.29) is 0 Å². The molecule has 0 unspecified atom stereocenters. The van der Waals surface area contributed by atoms with Crippen molar-refractivity contribution >= 4 is 5.65 Å². The smallest absolute Gasteiger partial charge is 0.190 e. The van der Waals surface area contributed by atoms with Crippen molar-refractivity contribution in [3.05, 3.63) is 59.2 Å². The zero-order chi connectivity index (χ0) is 20.8. The van der Waals surface area contributed by atoms with Gasteiger partial charge in [0.05, 0.1) is 31.1 Å². The van der Waals surface area contributed by atoms with Gasteiger partial charge >= 0.3 is 0 Å². The van der Waals surface area contributed by atoms with E-state index in [1.807, 2.05) is 35.7 Å². The van der Waals surface area contributed by atoms with E-state index in [9.17, 15) is 0 Å². The Morgan fingerprint density at radius 3 is 2.90 bits per heavy atom. The lowest BCUT2D eigenvalue weighted by atomic mass is 10.0. The average molecular weight is 418 g/mol. The molecular formula is C22H22N6O3. The van der Waals surface area contributed by atoms with E-state index in [0.717, 1.165) is 49.8 Å². The standard InChI is InChI=1S/C22H22N6O3/c1-14-8-20(26-31-14)22-25-24-21-5-4-18(10-28(21)22)30-11-16-3-2-15-9-27(17-12-29-13-17)7-6-19(15)23-16/h2-5,8,10,17H,6-7,9,11-13H2,1H3. The van der Waals surface area contributed by atoms with E-state index in [0.29, 0.717) is 29.9 Å². The molecule has 0 N–H and O–H groups in total. The maximum atomic E-state index is 6.03. The Morgan fingerprint density at radius 2 is 2.10 bits per heavy atom. The van der Waals surface area contributed by atoms with Crippen LogP contribution < -0.4 is 4.74 Å². The molecule has 31 heavy (non-hydrogen) atoms. The quantitative estimate of drug-likeness (QED) is 0.488. The molecule has 0 radical (unpaired) electrons. The highest BCUT2D eigenvalue weighted by Gasteiger charge is 2.29. The molecule has 9 nitrogen and oxygen atoms in total. The van der Waals surface area contributed by atoms with Crippen molar-refractivity contribution < 1.29 is 14.0 Å². The van der Waals surface area contributed by atoms with Gasteiger partial charge in [0.1, 0.15) is 18.1 Å². The number of aromatic nitrogens is 5. The molecular weight excluding hydrogens is 396 g/mol. The van der Waals surface area contributed by atoms with Gasteiger partial charge in [0.2, 0.25) is 0 Å². The van der Waals surface area contributed by atoms with Gasteiger partial charge in [-0.1, -0.05) is 11.2 Å². The van der Waals surface area contributed by atoms with Crippen LogP contribution in [-0.4, -0.2) is 55.4 Å². The minimum atomic E-state index is 0.402.